The number of aliphatic hydroxyl groups excluding tert-OH is 1. The van der Waals surface area contributed by atoms with E-state index in [0.717, 1.165) is 49.7 Å². The molecule has 27 heavy (non-hydrogen) atoms. The van der Waals surface area contributed by atoms with Crippen LogP contribution in [0.25, 0.3) is 10.9 Å². The summed E-state index contributed by atoms with van der Waals surface area (Å²) in [6, 6.07) is 11.2. The van der Waals surface area contributed by atoms with Gasteiger partial charge in [-0.3, -0.25) is 4.98 Å². The van der Waals surface area contributed by atoms with Crippen molar-refractivity contribution in [3.63, 3.8) is 0 Å². The molecule has 5 heteroatoms. The molecule has 0 unspecified atom stereocenters. The van der Waals surface area contributed by atoms with E-state index in [1.165, 1.54) is 12.1 Å². The highest BCUT2D eigenvalue weighted by Crippen LogP contribution is 2.31. The topological polar surface area (TPSA) is 72.2 Å². The van der Waals surface area contributed by atoms with Gasteiger partial charge >= 0.3 is 0 Å². The van der Waals surface area contributed by atoms with Crippen LogP contribution in [0, 0.1) is 17.2 Å². The Morgan fingerprint density at radius 3 is 2.74 bits per heavy atom. The van der Waals surface area contributed by atoms with Gasteiger partial charge in [-0.2, -0.15) is 5.26 Å². The number of nitriles is 1. The molecule has 0 amide bonds. The Hall–Kier alpha value is -2.16. The van der Waals surface area contributed by atoms with Gasteiger partial charge in [-0.05, 0) is 62.3 Å². The summed E-state index contributed by atoms with van der Waals surface area (Å²) in [7, 11) is 0. The van der Waals surface area contributed by atoms with E-state index >= 15 is 0 Å². The van der Waals surface area contributed by atoms with E-state index < -0.39 is 0 Å². The number of nitrogens with zero attached hydrogens (tertiary/aromatic N) is 3. The number of anilines is 1. The largest absolute Gasteiger partial charge is 0.393 e. The van der Waals surface area contributed by atoms with Crippen LogP contribution in [0.1, 0.15) is 44.6 Å². The molecule has 2 aromatic rings. The number of hydrogen-bond acceptors (Lipinski definition) is 5. The van der Waals surface area contributed by atoms with Gasteiger partial charge in [0.25, 0.3) is 0 Å². The first-order valence-electron chi connectivity index (χ1n) is 10.1. The van der Waals surface area contributed by atoms with E-state index in [2.05, 4.69) is 40.3 Å². The lowest BCUT2D eigenvalue weighted by Crippen LogP contribution is -2.52. The number of pyridine rings is 1. The highest BCUT2D eigenvalue weighted by molar-refractivity contribution is 5.95. The van der Waals surface area contributed by atoms with Gasteiger partial charge in [-0.25, -0.2) is 0 Å². The Balaban J connectivity index is 1.55. The standard InChI is InChI=1S/C22H28N4O/c1-15-11-18(25-17-5-7-19(27)8-6-17)14-26(13-15)21-9-4-16(12-23)22-20(21)3-2-10-24-22/h2-4,9-10,15,17-19,25,27H,5-8,11,13-14H2,1H3/t15-,17-,18+,19-/m0/s1. The number of hydrogen-bond donors (Lipinski definition) is 2. The molecule has 1 aromatic heterocycles. The number of fused-ring (bicyclic) bond motifs is 1. The quantitative estimate of drug-likeness (QED) is 0.875. The van der Waals surface area contributed by atoms with Gasteiger partial charge in [-0.1, -0.05) is 6.92 Å². The molecule has 1 aliphatic carbocycles. The molecule has 142 valence electrons. The van der Waals surface area contributed by atoms with Crippen molar-refractivity contribution in [1.82, 2.24) is 10.3 Å². The first-order chi connectivity index (χ1) is 13.1. The van der Waals surface area contributed by atoms with Crippen molar-refractivity contribution >= 4 is 16.6 Å². The van der Waals surface area contributed by atoms with Crippen LogP contribution in [-0.2, 0) is 0 Å². The van der Waals surface area contributed by atoms with Gasteiger partial charge in [0, 0.05) is 42.4 Å². The summed E-state index contributed by atoms with van der Waals surface area (Å²) >= 11 is 0. The second-order valence-electron chi connectivity index (χ2n) is 8.26. The summed E-state index contributed by atoms with van der Waals surface area (Å²) in [4.78, 5) is 6.91. The van der Waals surface area contributed by atoms with Crippen LogP contribution in [-0.4, -0.2) is 41.4 Å². The van der Waals surface area contributed by atoms with Crippen molar-refractivity contribution in [1.29, 1.82) is 5.26 Å². The van der Waals surface area contributed by atoms with Crippen LogP contribution in [0.2, 0.25) is 0 Å². The molecule has 0 bridgehead atoms. The zero-order valence-corrected chi connectivity index (χ0v) is 15.9. The average Bonchev–Trinajstić information content (AvgIpc) is 2.68. The van der Waals surface area contributed by atoms with Gasteiger partial charge in [0.1, 0.15) is 6.07 Å². The van der Waals surface area contributed by atoms with Crippen molar-refractivity contribution in [2.75, 3.05) is 18.0 Å². The second kappa shape index (κ2) is 7.84. The Bertz CT molecular complexity index is 838. The summed E-state index contributed by atoms with van der Waals surface area (Å²) in [6.07, 6.45) is 6.79. The zero-order valence-electron chi connectivity index (χ0n) is 15.9. The normalized spacial score (nSPS) is 28.9. The average molecular weight is 364 g/mol. The molecule has 2 N–H and O–H groups in total. The molecule has 0 radical (unpaired) electrons. The van der Waals surface area contributed by atoms with E-state index in [0.29, 0.717) is 23.6 Å². The Kier molecular flexibility index (Phi) is 5.29. The molecule has 1 saturated heterocycles. The maximum atomic E-state index is 9.74. The fraction of sp³-hybridized carbons (Fsp3) is 0.545. The molecule has 4 rings (SSSR count). The maximum Gasteiger partial charge on any atom is 0.101 e. The van der Waals surface area contributed by atoms with E-state index in [-0.39, 0.29) is 6.10 Å². The van der Waals surface area contributed by atoms with E-state index in [1.807, 2.05) is 12.1 Å². The fourth-order valence-electron chi connectivity index (χ4n) is 4.77. The minimum atomic E-state index is -0.109. The highest BCUT2D eigenvalue weighted by Gasteiger charge is 2.29. The lowest BCUT2D eigenvalue weighted by atomic mass is 9.90. The maximum absolute atomic E-state index is 9.74. The third-order valence-electron chi connectivity index (χ3n) is 6.04. The molecular weight excluding hydrogens is 336 g/mol. The predicted molar refractivity (Wildman–Crippen MR) is 108 cm³/mol. The van der Waals surface area contributed by atoms with Gasteiger partial charge in [0.05, 0.1) is 17.2 Å². The molecule has 2 atom stereocenters. The van der Waals surface area contributed by atoms with E-state index in [1.54, 1.807) is 6.20 Å². The fourth-order valence-corrected chi connectivity index (χ4v) is 4.77. The van der Waals surface area contributed by atoms with Crippen molar-refractivity contribution in [3.05, 3.63) is 36.0 Å². The number of piperidine rings is 1. The van der Waals surface area contributed by atoms with Crippen LogP contribution in [0.4, 0.5) is 5.69 Å². The summed E-state index contributed by atoms with van der Waals surface area (Å²) in [5.74, 6) is 0.604. The SMILES string of the molecule is C[C@H]1C[C@@H](N[C@H]2CC[C@H](O)CC2)CN(c2ccc(C#N)c3ncccc23)C1. The van der Waals surface area contributed by atoms with Crippen LogP contribution < -0.4 is 10.2 Å². The molecular formula is C22H28N4O. The van der Waals surface area contributed by atoms with Gasteiger partial charge in [0.15, 0.2) is 0 Å². The molecule has 0 spiro atoms. The Morgan fingerprint density at radius 1 is 1.15 bits per heavy atom. The number of aromatic nitrogens is 1. The Labute approximate surface area is 161 Å². The third-order valence-corrected chi connectivity index (χ3v) is 6.04. The lowest BCUT2D eigenvalue weighted by Gasteiger charge is -2.41. The molecule has 2 fully saturated rings. The van der Waals surface area contributed by atoms with Crippen LogP contribution >= 0.6 is 0 Å². The molecule has 1 aromatic carbocycles. The van der Waals surface area contributed by atoms with Crippen molar-refractivity contribution in [2.24, 2.45) is 5.92 Å². The summed E-state index contributed by atoms with van der Waals surface area (Å²) in [6.45, 7) is 4.31. The van der Waals surface area contributed by atoms with Crippen molar-refractivity contribution < 1.29 is 5.11 Å². The number of benzene rings is 1. The first-order valence-corrected chi connectivity index (χ1v) is 10.1. The van der Waals surface area contributed by atoms with E-state index in [9.17, 15) is 10.4 Å². The molecule has 1 aliphatic heterocycles. The van der Waals surface area contributed by atoms with Crippen LogP contribution in [0.3, 0.4) is 0 Å². The molecule has 1 saturated carbocycles. The van der Waals surface area contributed by atoms with Gasteiger partial charge in [0.2, 0.25) is 0 Å². The first kappa shape index (κ1) is 18.2. The molecule has 5 nitrogen and oxygen atoms in total. The minimum Gasteiger partial charge on any atom is -0.393 e. The van der Waals surface area contributed by atoms with Crippen LogP contribution in [0.15, 0.2) is 30.5 Å². The summed E-state index contributed by atoms with van der Waals surface area (Å²) in [5, 5.41) is 24.1. The monoisotopic (exact) mass is 364 g/mol. The lowest BCUT2D eigenvalue weighted by molar-refractivity contribution is 0.112. The van der Waals surface area contributed by atoms with Gasteiger partial charge < -0.3 is 15.3 Å². The highest BCUT2D eigenvalue weighted by atomic mass is 16.3. The Morgan fingerprint density at radius 2 is 1.96 bits per heavy atom. The third kappa shape index (κ3) is 3.92. The number of nitrogens with one attached hydrogen (secondary N) is 1. The summed E-state index contributed by atoms with van der Waals surface area (Å²) in [5.41, 5.74) is 2.60. The van der Waals surface area contributed by atoms with E-state index in [4.69, 9.17) is 0 Å². The van der Waals surface area contributed by atoms with Crippen molar-refractivity contribution in [3.8, 4) is 6.07 Å². The number of aliphatic hydroxyl groups is 1. The van der Waals surface area contributed by atoms with Gasteiger partial charge in [-0.15, -0.1) is 0 Å². The van der Waals surface area contributed by atoms with Crippen LogP contribution in [0.5, 0.6) is 0 Å². The molecule has 2 heterocycles. The second-order valence-corrected chi connectivity index (χ2v) is 8.26. The smallest absolute Gasteiger partial charge is 0.101 e. The molecule has 2 aliphatic rings. The predicted octanol–water partition coefficient (Wildman–Crippen LogP) is 3.21. The minimum absolute atomic E-state index is 0.109. The summed E-state index contributed by atoms with van der Waals surface area (Å²) < 4.78 is 0. The zero-order chi connectivity index (χ0) is 18.8. The number of rotatable bonds is 3. The van der Waals surface area contributed by atoms with Crippen molar-refractivity contribution in [2.45, 2.75) is 57.2 Å².